The van der Waals surface area contributed by atoms with Crippen LogP contribution in [0.5, 0.6) is 0 Å². The van der Waals surface area contributed by atoms with Gasteiger partial charge in [-0.2, -0.15) is 0 Å². The predicted octanol–water partition coefficient (Wildman–Crippen LogP) is 3.16. The molecule has 2 aromatic carbocycles. The lowest BCUT2D eigenvalue weighted by Gasteiger charge is -1.98. The van der Waals surface area contributed by atoms with Crippen LogP contribution in [0, 0.1) is 0 Å². The van der Waals surface area contributed by atoms with Gasteiger partial charge in [0.1, 0.15) is 0 Å². The number of ether oxygens (including phenoxy) is 1. The Morgan fingerprint density at radius 3 is 2.55 bits per heavy atom. The van der Waals surface area contributed by atoms with Crippen LogP contribution in [0.25, 0.3) is 32.7 Å². The van der Waals surface area contributed by atoms with Crippen molar-refractivity contribution in [1.82, 2.24) is 9.97 Å². The first-order valence-corrected chi connectivity index (χ1v) is 6.84. The minimum atomic E-state index is -0.863. The van der Waals surface area contributed by atoms with E-state index in [-0.39, 0.29) is 0 Å². The zero-order valence-electron chi connectivity index (χ0n) is 11.8. The molecule has 0 spiro atoms. The molecule has 2 N–H and O–H groups in total. The summed E-state index contributed by atoms with van der Waals surface area (Å²) < 4.78 is 4.51. The molecule has 5 nitrogen and oxygen atoms in total. The molecule has 0 radical (unpaired) electrons. The minimum absolute atomic E-state index is 0.322. The average molecular weight is 292 g/mol. The van der Waals surface area contributed by atoms with Crippen molar-refractivity contribution in [2.75, 3.05) is 7.11 Å². The fraction of sp³-hybridized carbons (Fsp3) is 0.0588. The Bertz CT molecular complexity index is 1060. The molecule has 0 fully saturated rings. The van der Waals surface area contributed by atoms with Crippen molar-refractivity contribution >= 4 is 44.5 Å². The summed E-state index contributed by atoms with van der Waals surface area (Å²) in [5.74, 6) is -1.51. The molecule has 22 heavy (non-hydrogen) atoms. The molecule has 0 aliphatic carbocycles. The van der Waals surface area contributed by atoms with Crippen molar-refractivity contribution in [2.24, 2.45) is 0 Å². The third-order valence-corrected chi connectivity index (χ3v) is 3.95. The normalized spacial score (nSPS) is 11.3. The SMILES string of the molecule is COC(=O)C(=O)c1c[nH]c2c1ccc1c3ccccc3[nH]c12. The number of aromatic nitrogens is 2. The van der Waals surface area contributed by atoms with Crippen molar-refractivity contribution < 1.29 is 14.3 Å². The lowest BCUT2D eigenvalue weighted by Crippen LogP contribution is -2.15. The number of H-pyrrole nitrogens is 2. The van der Waals surface area contributed by atoms with E-state index in [4.69, 9.17) is 0 Å². The average Bonchev–Trinajstić information content (AvgIpc) is 3.14. The number of benzene rings is 2. The number of para-hydroxylation sites is 1. The van der Waals surface area contributed by atoms with E-state index in [1.807, 2.05) is 36.4 Å². The number of carbonyl (C=O) groups is 2. The van der Waals surface area contributed by atoms with Crippen LogP contribution in [0.3, 0.4) is 0 Å². The predicted molar refractivity (Wildman–Crippen MR) is 84.0 cm³/mol. The number of fused-ring (bicyclic) bond motifs is 5. The lowest BCUT2D eigenvalue weighted by atomic mass is 10.1. The maximum absolute atomic E-state index is 12.1. The maximum atomic E-state index is 12.1. The van der Waals surface area contributed by atoms with Gasteiger partial charge in [-0.15, -0.1) is 0 Å². The first-order chi connectivity index (χ1) is 10.7. The zero-order chi connectivity index (χ0) is 15.3. The van der Waals surface area contributed by atoms with Gasteiger partial charge >= 0.3 is 5.97 Å². The highest BCUT2D eigenvalue weighted by molar-refractivity contribution is 6.43. The fourth-order valence-corrected chi connectivity index (χ4v) is 2.91. The molecule has 2 aromatic heterocycles. The Kier molecular flexibility index (Phi) is 2.56. The topological polar surface area (TPSA) is 75.0 Å². The van der Waals surface area contributed by atoms with Gasteiger partial charge in [-0.1, -0.05) is 30.3 Å². The van der Waals surface area contributed by atoms with E-state index in [9.17, 15) is 9.59 Å². The van der Waals surface area contributed by atoms with Crippen LogP contribution >= 0.6 is 0 Å². The number of ketones is 1. The van der Waals surface area contributed by atoms with E-state index in [0.717, 1.165) is 27.3 Å². The number of hydrogen-bond acceptors (Lipinski definition) is 3. The number of esters is 1. The highest BCUT2D eigenvalue weighted by Gasteiger charge is 2.21. The molecule has 0 saturated carbocycles. The number of Topliss-reactive ketones (excluding diaryl/α,β-unsaturated/α-hetero) is 1. The summed E-state index contributed by atoms with van der Waals surface area (Å²) in [5, 5.41) is 2.89. The Hall–Kier alpha value is -3.08. The molecule has 4 rings (SSSR count). The van der Waals surface area contributed by atoms with Gasteiger partial charge in [-0.05, 0) is 6.07 Å². The third-order valence-electron chi connectivity index (χ3n) is 3.95. The van der Waals surface area contributed by atoms with Crippen molar-refractivity contribution in [2.45, 2.75) is 0 Å². The van der Waals surface area contributed by atoms with Crippen LogP contribution in [0.15, 0.2) is 42.6 Å². The molecular weight excluding hydrogens is 280 g/mol. The number of methoxy groups -OCH3 is 1. The van der Waals surface area contributed by atoms with Crippen molar-refractivity contribution in [1.29, 1.82) is 0 Å². The molecule has 0 unspecified atom stereocenters. The van der Waals surface area contributed by atoms with Gasteiger partial charge in [0.15, 0.2) is 0 Å². The Morgan fingerprint density at radius 1 is 0.955 bits per heavy atom. The quantitative estimate of drug-likeness (QED) is 0.338. The number of hydrogen-bond donors (Lipinski definition) is 2. The molecular formula is C17H12N2O3. The lowest BCUT2D eigenvalue weighted by molar-refractivity contribution is -0.135. The van der Waals surface area contributed by atoms with Crippen LogP contribution in [0.1, 0.15) is 10.4 Å². The number of aromatic amines is 2. The number of nitrogens with one attached hydrogen (secondary N) is 2. The van der Waals surface area contributed by atoms with E-state index in [1.54, 1.807) is 6.20 Å². The second-order valence-corrected chi connectivity index (χ2v) is 5.10. The third kappa shape index (κ3) is 1.59. The molecule has 0 aliphatic rings. The second kappa shape index (κ2) is 4.46. The second-order valence-electron chi connectivity index (χ2n) is 5.10. The zero-order valence-corrected chi connectivity index (χ0v) is 11.8. The van der Waals surface area contributed by atoms with Gasteiger partial charge in [0.2, 0.25) is 0 Å². The smallest absolute Gasteiger partial charge is 0.379 e. The molecule has 0 aliphatic heterocycles. The Labute approximate surface area is 124 Å². The monoisotopic (exact) mass is 292 g/mol. The van der Waals surface area contributed by atoms with E-state index >= 15 is 0 Å². The van der Waals surface area contributed by atoms with Crippen LogP contribution in [0.2, 0.25) is 0 Å². The highest BCUT2D eigenvalue weighted by atomic mass is 16.5. The summed E-state index contributed by atoms with van der Waals surface area (Å²) in [6.07, 6.45) is 1.55. The molecule has 0 saturated heterocycles. The number of carbonyl (C=O) groups excluding carboxylic acids is 2. The standard InChI is InChI=1S/C17H12N2O3/c1-22-17(21)16(20)12-8-18-14-11(12)7-6-10-9-4-2-3-5-13(9)19-15(10)14/h2-8,18-19H,1H3. The summed E-state index contributed by atoms with van der Waals surface area (Å²) in [6, 6.07) is 11.8. The summed E-state index contributed by atoms with van der Waals surface area (Å²) in [7, 11) is 1.20. The molecule has 108 valence electrons. The van der Waals surface area contributed by atoms with Crippen molar-refractivity contribution in [3.05, 3.63) is 48.2 Å². The summed E-state index contributed by atoms with van der Waals surface area (Å²) in [4.78, 5) is 30.0. The van der Waals surface area contributed by atoms with Crippen molar-refractivity contribution in [3.63, 3.8) is 0 Å². The van der Waals surface area contributed by atoms with Crippen molar-refractivity contribution in [3.8, 4) is 0 Å². The van der Waals surface area contributed by atoms with Crippen LogP contribution in [-0.4, -0.2) is 28.8 Å². The van der Waals surface area contributed by atoms with E-state index in [2.05, 4.69) is 14.7 Å². The largest absolute Gasteiger partial charge is 0.463 e. The molecule has 0 atom stereocenters. The molecule has 5 heteroatoms. The van der Waals surface area contributed by atoms with Gasteiger partial charge < -0.3 is 14.7 Å². The summed E-state index contributed by atoms with van der Waals surface area (Å²) >= 11 is 0. The van der Waals surface area contributed by atoms with E-state index < -0.39 is 11.8 Å². The van der Waals surface area contributed by atoms with Crippen LogP contribution in [0.4, 0.5) is 0 Å². The van der Waals surface area contributed by atoms with Crippen LogP contribution in [-0.2, 0) is 9.53 Å². The summed E-state index contributed by atoms with van der Waals surface area (Å²) in [6.45, 7) is 0. The first-order valence-electron chi connectivity index (χ1n) is 6.84. The highest BCUT2D eigenvalue weighted by Crippen LogP contribution is 2.32. The van der Waals surface area contributed by atoms with Gasteiger partial charge in [0, 0.05) is 27.9 Å². The van der Waals surface area contributed by atoms with Crippen LogP contribution < -0.4 is 0 Å². The van der Waals surface area contributed by atoms with E-state index in [1.165, 1.54) is 7.11 Å². The van der Waals surface area contributed by atoms with E-state index in [0.29, 0.717) is 10.9 Å². The van der Waals surface area contributed by atoms with Gasteiger partial charge in [-0.25, -0.2) is 4.79 Å². The number of rotatable bonds is 2. The van der Waals surface area contributed by atoms with Gasteiger partial charge in [0.25, 0.3) is 5.78 Å². The van der Waals surface area contributed by atoms with Gasteiger partial charge in [-0.3, -0.25) is 4.79 Å². The molecule has 0 amide bonds. The first kappa shape index (κ1) is 12.6. The Morgan fingerprint density at radius 2 is 1.73 bits per heavy atom. The van der Waals surface area contributed by atoms with Gasteiger partial charge in [0.05, 0.1) is 23.7 Å². The molecule has 0 bridgehead atoms. The fourth-order valence-electron chi connectivity index (χ4n) is 2.91. The minimum Gasteiger partial charge on any atom is -0.463 e. The Balaban J connectivity index is 2.04. The molecule has 4 aromatic rings. The maximum Gasteiger partial charge on any atom is 0.379 e. The molecule has 2 heterocycles. The summed E-state index contributed by atoms with van der Waals surface area (Å²) in [5.41, 5.74) is 3.08.